The molecule has 0 bridgehead atoms. The summed E-state index contributed by atoms with van der Waals surface area (Å²) in [6.07, 6.45) is 1.66. The summed E-state index contributed by atoms with van der Waals surface area (Å²) in [6.45, 7) is 0.656. The molecule has 0 spiro atoms. The zero-order valence-corrected chi connectivity index (χ0v) is 16.3. The molecule has 7 nitrogen and oxygen atoms in total. The van der Waals surface area contributed by atoms with E-state index in [2.05, 4.69) is 30.6 Å². The molecule has 138 valence electrons. The molecule has 0 aliphatic rings. The topological polar surface area (TPSA) is 76.4 Å². The van der Waals surface area contributed by atoms with E-state index >= 15 is 0 Å². The van der Waals surface area contributed by atoms with E-state index in [4.69, 9.17) is 0 Å². The Morgan fingerprint density at radius 3 is 2.68 bits per heavy atom. The standard InChI is InChI=1S/C15H20F2N6O.HI/c1-3-23-10-21-22-13(23)9-20-15(18-2)19-8-11-6-4-5-7-12(11)24-14(16)17;/h4-7,10,14H,3,8-9H2,1-2H3,(H2,18,19,20);1H. The van der Waals surface area contributed by atoms with Crippen LogP contribution in [0.25, 0.3) is 0 Å². The fourth-order valence-corrected chi connectivity index (χ4v) is 2.10. The van der Waals surface area contributed by atoms with E-state index in [1.165, 1.54) is 6.07 Å². The number of nitrogens with one attached hydrogen (secondary N) is 2. The summed E-state index contributed by atoms with van der Waals surface area (Å²) in [5, 5.41) is 14.0. The van der Waals surface area contributed by atoms with E-state index in [1.807, 2.05) is 11.5 Å². The van der Waals surface area contributed by atoms with Crippen LogP contribution in [0.5, 0.6) is 5.75 Å². The number of aromatic nitrogens is 3. The van der Waals surface area contributed by atoms with Gasteiger partial charge in [0.2, 0.25) is 0 Å². The smallest absolute Gasteiger partial charge is 0.387 e. The largest absolute Gasteiger partial charge is 0.434 e. The lowest BCUT2D eigenvalue weighted by atomic mass is 10.2. The van der Waals surface area contributed by atoms with Gasteiger partial charge in [0.15, 0.2) is 11.8 Å². The minimum absolute atomic E-state index is 0. The van der Waals surface area contributed by atoms with E-state index in [0.717, 1.165) is 12.4 Å². The Labute approximate surface area is 161 Å². The van der Waals surface area contributed by atoms with Gasteiger partial charge >= 0.3 is 6.61 Å². The molecule has 0 atom stereocenters. The quantitative estimate of drug-likeness (QED) is 0.373. The van der Waals surface area contributed by atoms with Crippen LogP contribution in [-0.2, 0) is 19.6 Å². The number of hydrogen-bond acceptors (Lipinski definition) is 4. The van der Waals surface area contributed by atoms with Gasteiger partial charge in [-0.3, -0.25) is 4.99 Å². The second kappa shape index (κ2) is 10.8. The molecule has 0 saturated heterocycles. The number of guanidine groups is 1. The van der Waals surface area contributed by atoms with Crippen LogP contribution in [0.3, 0.4) is 0 Å². The van der Waals surface area contributed by atoms with Gasteiger partial charge in [0.25, 0.3) is 0 Å². The normalized spacial score (nSPS) is 11.2. The number of para-hydroxylation sites is 1. The molecule has 2 aromatic rings. The summed E-state index contributed by atoms with van der Waals surface area (Å²) in [5.74, 6) is 1.44. The average molecular weight is 466 g/mol. The molecule has 1 heterocycles. The third kappa shape index (κ3) is 6.44. The summed E-state index contributed by atoms with van der Waals surface area (Å²) < 4.78 is 31.3. The van der Waals surface area contributed by atoms with Gasteiger partial charge in [-0.25, -0.2) is 0 Å². The molecule has 0 fully saturated rings. The van der Waals surface area contributed by atoms with Gasteiger partial charge < -0.3 is 19.9 Å². The van der Waals surface area contributed by atoms with Gasteiger partial charge in [0.1, 0.15) is 12.1 Å². The minimum Gasteiger partial charge on any atom is -0.434 e. The number of benzene rings is 1. The van der Waals surface area contributed by atoms with Crippen LogP contribution >= 0.6 is 24.0 Å². The Bertz CT molecular complexity index is 680. The third-order valence-corrected chi connectivity index (χ3v) is 3.31. The molecule has 0 aliphatic carbocycles. The molecule has 1 aromatic carbocycles. The molecule has 0 saturated carbocycles. The second-order valence-electron chi connectivity index (χ2n) is 4.80. The lowest BCUT2D eigenvalue weighted by molar-refractivity contribution is -0.0504. The molecule has 2 rings (SSSR count). The fraction of sp³-hybridized carbons (Fsp3) is 0.400. The van der Waals surface area contributed by atoms with Crippen LogP contribution in [0.1, 0.15) is 18.3 Å². The Balaban J connectivity index is 0.00000312. The number of aryl methyl sites for hydroxylation is 1. The lowest BCUT2D eigenvalue weighted by Gasteiger charge is -2.14. The van der Waals surface area contributed by atoms with Crippen LogP contribution in [0.15, 0.2) is 35.6 Å². The molecule has 2 N–H and O–H groups in total. The zero-order valence-electron chi connectivity index (χ0n) is 13.9. The molecule has 0 amide bonds. The highest BCUT2D eigenvalue weighted by molar-refractivity contribution is 14.0. The van der Waals surface area contributed by atoms with Crippen molar-refractivity contribution in [2.45, 2.75) is 33.2 Å². The van der Waals surface area contributed by atoms with Crippen LogP contribution in [0.2, 0.25) is 0 Å². The number of aliphatic imine (C=N–C) groups is 1. The number of nitrogens with zero attached hydrogens (tertiary/aromatic N) is 4. The van der Waals surface area contributed by atoms with Gasteiger partial charge in [0, 0.05) is 25.7 Å². The Morgan fingerprint density at radius 1 is 1.28 bits per heavy atom. The van der Waals surface area contributed by atoms with E-state index < -0.39 is 6.61 Å². The molecule has 1 aromatic heterocycles. The molecule has 0 radical (unpaired) electrons. The van der Waals surface area contributed by atoms with Crippen LogP contribution in [0.4, 0.5) is 8.78 Å². The average Bonchev–Trinajstić information content (AvgIpc) is 3.03. The van der Waals surface area contributed by atoms with Crippen molar-refractivity contribution < 1.29 is 13.5 Å². The SMILES string of the molecule is CCn1cnnc1CNC(=NC)NCc1ccccc1OC(F)F.I. The monoisotopic (exact) mass is 466 g/mol. The first-order valence-electron chi connectivity index (χ1n) is 7.48. The summed E-state index contributed by atoms with van der Waals surface area (Å²) in [7, 11) is 1.63. The molecule has 25 heavy (non-hydrogen) atoms. The van der Waals surface area contributed by atoms with Gasteiger partial charge in [-0.15, -0.1) is 34.2 Å². The first-order valence-corrected chi connectivity index (χ1v) is 7.48. The van der Waals surface area contributed by atoms with E-state index in [-0.39, 0.29) is 29.7 Å². The van der Waals surface area contributed by atoms with Crippen molar-refractivity contribution in [3.8, 4) is 5.75 Å². The van der Waals surface area contributed by atoms with Crippen molar-refractivity contribution in [3.63, 3.8) is 0 Å². The molecule has 0 unspecified atom stereocenters. The summed E-state index contributed by atoms with van der Waals surface area (Å²) in [4.78, 5) is 4.10. The maximum absolute atomic E-state index is 12.4. The summed E-state index contributed by atoms with van der Waals surface area (Å²) in [6, 6.07) is 6.62. The molecular formula is C15H21F2IN6O. The number of rotatable bonds is 7. The first kappa shape index (κ1) is 21.1. The van der Waals surface area contributed by atoms with Crippen LogP contribution < -0.4 is 15.4 Å². The summed E-state index contributed by atoms with van der Waals surface area (Å²) in [5.41, 5.74) is 0.609. The first-order chi connectivity index (χ1) is 11.6. The predicted molar refractivity (Wildman–Crippen MR) is 101 cm³/mol. The summed E-state index contributed by atoms with van der Waals surface area (Å²) >= 11 is 0. The highest BCUT2D eigenvalue weighted by Crippen LogP contribution is 2.19. The highest BCUT2D eigenvalue weighted by atomic mass is 127. The lowest BCUT2D eigenvalue weighted by Crippen LogP contribution is -2.37. The van der Waals surface area contributed by atoms with Crippen LogP contribution in [0, 0.1) is 0 Å². The second-order valence-corrected chi connectivity index (χ2v) is 4.80. The highest BCUT2D eigenvalue weighted by Gasteiger charge is 2.10. The minimum atomic E-state index is -2.86. The van der Waals surface area contributed by atoms with Gasteiger partial charge in [-0.1, -0.05) is 18.2 Å². The maximum Gasteiger partial charge on any atom is 0.387 e. The Hall–Kier alpha value is -1.98. The van der Waals surface area contributed by atoms with Crippen molar-refractivity contribution in [3.05, 3.63) is 42.0 Å². The van der Waals surface area contributed by atoms with Gasteiger partial charge in [-0.05, 0) is 13.0 Å². The van der Waals surface area contributed by atoms with Crippen molar-refractivity contribution in [1.82, 2.24) is 25.4 Å². The number of alkyl halides is 2. The maximum atomic E-state index is 12.4. The molecule has 10 heteroatoms. The molecular weight excluding hydrogens is 445 g/mol. The Kier molecular flexibility index (Phi) is 9.10. The fourth-order valence-electron chi connectivity index (χ4n) is 2.10. The van der Waals surface area contributed by atoms with Crippen molar-refractivity contribution in [2.75, 3.05) is 7.05 Å². The van der Waals surface area contributed by atoms with Crippen molar-refractivity contribution in [2.24, 2.45) is 4.99 Å². The van der Waals surface area contributed by atoms with E-state index in [1.54, 1.807) is 31.6 Å². The Morgan fingerprint density at radius 2 is 2.00 bits per heavy atom. The number of halogens is 3. The van der Waals surface area contributed by atoms with E-state index in [0.29, 0.717) is 24.6 Å². The third-order valence-electron chi connectivity index (χ3n) is 3.31. The number of ether oxygens (including phenoxy) is 1. The zero-order chi connectivity index (χ0) is 17.4. The van der Waals surface area contributed by atoms with Gasteiger partial charge in [0.05, 0.1) is 6.54 Å². The van der Waals surface area contributed by atoms with Crippen LogP contribution in [-0.4, -0.2) is 34.4 Å². The van der Waals surface area contributed by atoms with Crippen molar-refractivity contribution in [1.29, 1.82) is 0 Å². The van der Waals surface area contributed by atoms with Gasteiger partial charge in [-0.2, -0.15) is 8.78 Å². The van der Waals surface area contributed by atoms with Crippen molar-refractivity contribution >= 4 is 29.9 Å². The molecule has 0 aliphatic heterocycles. The predicted octanol–water partition coefficient (Wildman–Crippen LogP) is 2.38. The number of hydrogen-bond donors (Lipinski definition) is 2. The van der Waals surface area contributed by atoms with E-state index in [9.17, 15) is 8.78 Å².